The number of anilines is 3. The first-order chi connectivity index (χ1) is 16.9. The van der Waals surface area contributed by atoms with E-state index in [1.807, 2.05) is 17.9 Å². The van der Waals surface area contributed by atoms with E-state index in [4.69, 9.17) is 4.74 Å². The lowest BCUT2D eigenvalue weighted by atomic mass is 10.2. The third-order valence-corrected chi connectivity index (χ3v) is 6.48. The van der Waals surface area contributed by atoms with Crippen molar-refractivity contribution in [2.45, 2.75) is 24.7 Å². The van der Waals surface area contributed by atoms with Crippen LogP contribution in [0.5, 0.6) is 5.88 Å². The minimum atomic E-state index is -1.26. The summed E-state index contributed by atoms with van der Waals surface area (Å²) in [5.74, 6) is 0.828. The summed E-state index contributed by atoms with van der Waals surface area (Å²) in [5, 5.41) is 10.6. The normalized spacial score (nSPS) is 22.6. The number of carbonyl (C=O) groups excluding carboxylic acids is 1. The number of aromatic nitrogens is 6. The Hall–Kier alpha value is -3.74. The van der Waals surface area contributed by atoms with Crippen LogP contribution in [0.1, 0.15) is 12.5 Å². The summed E-state index contributed by atoms with van der Waals surface area (Å²) in [4.78, 5) is 29.4. The van der Waals surface area contributed by atoms with Crippen LogP contribution in [0.2, 0.25) is 0 Å². The van der Waals surface area contributed by atoms with Crippen LogP contribution in [-0.2, 0) is 11.8 Å². The van der Waals surface area contributed by atoms with Crippen LogP contribution in [0.15, 0.2) is 25.2 Å². The number of likely N-dealkylation sites (N-methyl/N-ethyl adjacent to an activating group) is 1. The van der Waals surface area contributed by atoms with Gasteiger partial charge < -0.3 is 29.7 Å². The number of hydrogen-bond acceptors (Lipinski definition) is 9. The van der Waals surface area contributed by atoms with Crippen molar-refractivity contribution in [3.05, 3.63) is 25.2 Å². The Bertz CT molecular complexity index is 1260. The molecule has 0 aromatic carbocycles. The molecule has 2 fully saturated rings. The van der Waals surface area contributed by atoms with Crippen molar-refractivity contribution in [2.24, 2.45) is 7.05 Å². The van der Waals surface area contributed by atoms with Gasteiger partial charge in [0, 0.05) is 20.1 Å². The first-order valence-electron chi connectivity index (χ1n) is 11.5. The maximum atomic E-state index is 14.7. The van der Waals surface area contributed by atoms with Gasteiger partial charge in [0.2, 0.25) is 11.9 Å². The molecule has 5 heterocycles. The van der Waals surface area contributed by atoms with E-state index in [0.717, 1.165) is 25.6 Å². The minimum absolute atomic E-state index is 0.0569. The molecule has 2 saturated heterocycles. The summed E-state index contributed by atoms with van der Waals surface area (Å²) in [6, 6.07) is -0.417. The van der Waals surface area contributed by atoms with Crippen molar-refractivity contribution in [3.8, 4) is 5.88 Å². The van der Waals surface area contributed by atoms with Crippen LogP contribution >= 0.6 is 0 Å². The molecule has 3 aromatic heterocycles. The van der Waals surface area contributed by atoms with Crippen molar-refractivity contribution in [1.82, 2.24) is 39.5 Å². The topological polar surface area (TPSA) is 118 Å². The first-order valence-corrected chi connectivity index (χ1v) is 11.5. The number of nitrogens with zero attached hydrogens (tertiary/aromatic N) is 8. The van der Waals surface area contributed by atoms with Crippen LogP contribution in [0.25, 0.3) is 11.2 Å². The number of imidazole rings is 1. The molecular formula is C22H29FN10O2. The van der Waals surface area contributed by atoms with Crippen LogP contribution < -0.4 is 20.3 Å². The lowest BCUT2D eigenvalue weighted by molar-refractivity contribution is -0.117. The summed E-state index contributed by atoms with van der Waals surface area (Å²) >= 11 is 0. The third kappa shape index (κ3) is 4.38. The van der Waals surface area contributed by atoms with Crippen LogP contribution in [0, 0.1) is 0 Å². The molecular weight excluding hydrogens is 455 g/mol. The molecule has 3 atom stereocenters. The molecule has 13 heteroatoms. The van der Waals surface area contributed by atoms with Crippen molar-refractivity contribution in [1.29, 1.82) is 0 Å². The second kappa shape index (κ2) is 9.13. The Labute approximate surface area is 201 Å². The molecule has 0 spiro atoms. The Balaban J connectivity index is 1.46. The Morgan fingerprint density at radius 1 is 1.29 bits per heavy atom. The molecule has 35 heavy (non-hydrogen) atoms. The van der Waals surface area contributed by atoms with Crippen molar-refractivity contribution >= 4 is 34.5 Å². The number of carbonyl (C=O) groups is 1. The first kappa shape index (κ1) is 23.0. The highest BCUT2D eigenvalue weighted by atomic mass is 19.1. The number of ether oxygens (including phenoxy) is 1. The zero-order valence-corrected chi connectivity index (χ0v) is 20.0. The molecule has 0 aliphatic carbocycles. The molecule has 2 aliphatic rings. The molecule has 2 N–H and O–H groups in total. The molecule has 3 unspecified atom stereocenters. The number of aryl methyl sites for hydroxylation is 1. The fourth-order valence-electron chi connectivity index (χ4n) is 4.58. The second-order valence-electron chi connectivity index (χ2n) is 9.00. The van der Waals surface area contributed by atoms with Gasteiger partial charge >= 0.3 is 0 Å². The lowest BCUT2D eigenvalue weighted by Crippen LogP contribution is -2.40. The van der Waals surface area contributed by atoms with E-state index < -0.39 is 18.1 Å². The number of methoxy groups -OCH3 is 1. The van der Waals surface area contributed by atoms with Gasteiger partial charge in [-0.15, -0.1) is 5.10 Å². The van der Waals surface area contributed by atoms with Gasteiger partial charge in [0.05, 0.1) is 38.3 Å². The van der Waals surface area contributed by atoms with Gasteiger partial charge in [0.15, 0.2) is 17.0 Å². The van der Waals surface area contributed by atoms with E-state index in [1.165, 1.54) is 0 Å². The monoisotopic (exact) mass is 484 g/mol. The summed E-state index contributed by atoms with van der Waals surface area (Å²) in [6.45, 7) is 5.65. The average molecular weight is 485 g/mol. The van der Waals surface area contributed by atoms with Gasteiger partial charge in [-0.1, -0.05) is 6.58 Å². The summed E-state index contributed by atoms with van der Waals surface area (Å²) in [6.07, 6.45) is 4.44. The average Bonchev–Trinajstić information content (AvgIpc) is 3.62. The fraction of sp³-hybridized carbons (Fsp3) is 0.500. The number of hydrogen-bond donors (Lipinski definition) is 2. The molecule has 1 amide bonds. The maximum absolute atomic E-state index is 14.7. The van der Waals surface area contributed by atoms with E-state index in [-0.39, 0.29) is 19.1 Å². The predicted molar refractivity (Wildman–Crippen MR) is 129 cm³/mol. The molecule has 3 aromatic rings. The summed E-state index contributed by atoms with van der Waals surface area (Å²) in [7, 11) is 5.50. The number of rotatable bonds is 7. The molecule has 5 rings (SSSR count). The molecule has 0 saturated carbocycles. The fourth-order valence-corrected chi connectivity index (χ4v) is 4.58. The highest BCUT2D eigenvalue weighted by Gasteiger charge is 2.35. The minimum Gasteiger partial charge on any atom is -0.478 e. The van der Waals surface area contributed by atoms with E-state index in [2.05, 4.69) is 49.2 Å². The highest BCUT2D eigenvalue weighted by Crippen LogP contribution is 2.32. The molecule has 0 radical (unpaired) electrons. The predicted octanol–water partition coefficient (Wildman–Crippen LogP) is 1.02. The van der Waals surface area contributed by atoms with Crippen LogP contribution in [0.4, 0.5) is 21.8 Å². The van der Waals surface area contributed by atoms with Gasteiger partial charge in [0.25, 0.3) is 5.88 Å². The Morgan fingerprint density at radius 2 is 2.11 bits per heavy atom. The second-order valence-corrected chi connectivity index (χ2v) is 9.00. The van der Waals surface area contributed by atoms with Gasteiger partial charge in [-0.3, -0.25) is 9.48 Å². The Kier molecular flexibility index (Phi) is 6.01. The van der Waals surface area contributed by atoms with Gasteiger partial charge in [-0.2, -0.15) is 9.97 Å². The van der Waals surface area contributed by atoms with Gasteiger partial charge in [-0.25, -0.2) is 9.37 Å². The number of likely N-dealkylation sites (tertiary alicyclic amines) is 1. The van der Waals surface area contributed by atoms with Crippen molar-refractivity contribution in [2.75, 3.05) is 50.6 Å². The molecule has 0 bridgehead atoms. The standard InChI is InChI=1S/C22H29FN10O2/c1-5-17(34)25-15-10-32(9-14(15)23)22-27-19(18-20(28-22)31(3)12-24-18)26-16-11-33(29-21(16)35-4)13-6-7-30(2)8-13/h5,11-15H,1,6-10H2,2-4H3,(H,25,34)(H,26,27,28). The molecule has 2 aliphatic heterocycles. The van der Waals surface area contributed by atoms with Crippen LogP contribution in [0.3, 0.4) is 0 Å². The van der Waals surface area contributed by atoms with Crippen LogP contribution in [-0.4, -0.2) is 92.7 Å². The largest absolute Gasteiger partial charge is 0.478 e. The Morgan fingerprint density at radius 3 is 2.83 bits per heavy atom. The highest BCUT2D eigenvalue weighted by molar-refractivity contribution is 5.88. The molecule has 186 valence electrons. The van der Waals surface area contributed by atoms with E-state index >= 15 is 0 Å². The maximum Gasteiger partial charge on any atom is 0.256 e. The lowest BCUT2D eigenvalue weighted by Gasteiger charge is -2.17. The number of halogens is 1. The number of fused-ring (bicyclic) bond motifs is 1. The molecule has 12 nitrogen and oxygen atoms in total. The number of nitrogens with one attached hydrogen (secondary N) is 2. The van der Waals surface area contributed by atoms with E-state index in [1.54, 1.807) is 22.9 Å². The zero-order valence-electron chi connectivity index (χ0n) is 20.0. The van der Waals surface area contributed by atoms with Gasteiger partial charge in [-0.05, 0) is 26.1 Å². The quantitative estimate of drug-likeness (QED) is 0.474. The number of amides is 1. The van der Waals surface area contributed by atoms with E-state index in [9.17, 15) is 9.18 Å². The van der Waals surface area contributed by atoms with E-state index in [0.29, 0.717) is 34.5 Å². The SMILES string of the molecule is C=CC(=O)NC1CN(c2nc(Nc3cn(C4CCN(C)C4)nc3OC)c3ncn(C)c3n2)CC1F. The third-order valence-electron chi connectivity index (χ3n) is 6.48. The van der Waals surface area contributed by atoms with Gasteiger partial charge in [0.1, 0.15) is 11.9 Å². The number of alkyl halides is 1. The van der Waals surface area contributed by atoms with Crippen molar-refractivity contribution in [3.63, 3.8) is 0 Å². The summed E-state index contributed by atoms with van der Waals surface area (Å²) in [5.41, 5.74) is 1.81. The smallest absolute Gasteiger partial charge is 0.256 e. The zero-order chi connectivity index (χ0) is 24.7. The van der Waals surface area contributed by atoms with Crippen molar-refractivity contribution < 1.29 is 13.9 Å². The summed E-state index contributed by atoms with van der Waals surface area (Å²) < 4.78 is 23.9.